The number of ether oxygens (including phenoxy) is 2. The summed E-state index contributed by atoms with van der Waals surface area (Å²) in [7, 11) is -4.72. The van der Waals surface area contributed by atoms with Gasteiger partial charge in [0.25, 0.3) is 0 Å². The van der Waals surface area contributed by atoms with Crippen LogP contribution in [0.4, 0.5) is 0 Å². The van der Waals surface area contributed by atoms with E-state index in [4.69, 9.17) is 24.8 Å². The molecule has 0 radical (unpaired) electrons. The molecule has 286 valence electrons. The Morgan fingerprint density at radius 1 is 0.640 bits per heavy atom. The molecule has 1 unspecified atom stereocenters. The number of phosphoric ester groups is 1. The lowest BCUT2D eigenvalue weighted by atomic mass is 10.1. The predicted molar refractivity (Wildman–Crippen MR) is 198 cm³/mol. The summed E-state index contributed by atoms with van der Waals surface area (Å²) in [5, 5.41) is 8.85. The lowest BCUT2D eigenvalue weighted by Crippen LogP contribution is -2.34. The van der Waals surface area contributed by atoms with E-state index >= 15 is 0 Å². The number of allylic oxidation sites excluding steroid dienone is 10. The number of carboxylic acid groups (broad SMARTS) is 1. The van der Waals surface area contributed by atoms with Crippen molar-refractivity contribution in [2.24, 2.45) is 5.73 Å². The molecule has 0 rings (SSSR count). The van der Waals surface area contributed by atoms with Gasteiger partial charge in [0.1, 0.15) is 12.6 Å². The monoisotopic (exact) mass is 725 g/mol. The van der Waals surface area contributed by atoms with E-state index in [1.54, 1.807) is 0 Å². The predicted octanol–water partition coefficient (Wildman–Crippen LogP) is 8.83. The highest BCUT2D eigenvalue weighted by Crippen LogP contribution is 2.43. The molecule has 4 N–H and O–H groups in total. The molecule has 0 aromatic carbocycles. The zero-order valence-corrected chi connectivity index (χ0v) is 31.4. The zero-order valence-electron chi connectivity index (χ0n) is 30.5. The first kappa shape index (κ1) is 47.2. The van der Waals surface area contributed by atoms with E-state index in [0.717, 1.165) is 77.0 Å². The van der Waals surface area contributed by atoms with Gasteiger partial charge in [0.2, 0.25) is 0 Å². The third-order valence-corrected chi connectivity index (χ3v) is 8.20. The van der Waals surface area contributed by atoms with Gasteiger partial charge in [-0.2, -0.15) is 0 Å². The van der Waals surface area contributed by atoms with E-state index in [1.165, 1.54) is 12.8 Å². The van der Waals surface area contributed by atoms with Crippen molar-refractivity contribution < 1.29 is 47.5 Å². The fourth-order valence-corrected chi connectivity index (χ4v) is 5.11. The topological polar surface area (TPSA) is 172 Å². The van der Waals surface area contributed by atoms with Crippen LogP contribution in [-0.2, 0) is 37.5 Å². The van der Waals surface area contributed by atoms with E-state index in [-0.39, 0.29) is 19.4 Å². The third kappa shape index (κ3) is 32.4. The van der Waals surface area contributed by atoms with Gasteiger partial charge >= 0.3 is 25.7 Å². The Bertz CT molecular complexity index is 1090. The van der Waals surface area contributed by atoms with Crippen LogP contribution in [0, 0.1) is 0 Å². The van der Waals surface area contributed by atoms with E-state index in [2.05, 4.69) is 79.1 Å². The molecular formula is C38H64NO10P. The highest BCUT2D eigenvalue weighted by atomic mass is 31.2. The van der Waals surface area contributed by atoms with Crippen molar-refractivity contribution in [3.63, 3.8) is 0 Å². The van der Waals surface area contributed by atoms with E-state index in [9.17, 15) is 23.8 Å². The number of hydrogen-bond acceptors (Lipinski definition) is 9. The van der Waals surface area contributed by atoms with Gasteiger partial charge < -0.3 is 25.2 Å². The van der Waals surface area contributed by atoms with Crippen LogP contribution in [0.15, 0.2) is 60.8 Å². The summed E-state index contributed by atoms with van der Waals surface area (Å²) in [5.41, 5.74) is 5.30. The highest BCUT2D eigenvalue weighted by molar-refractivity contribution is 7.47. The van der Waals surface area contributed by atoms with E-state index < -0.39 is 51.1 Å². The van der Waals surface area contributed by atoms with Crippen LogP contribution in [0.3, 0.4) is 0 Å². The number of aliphatic carboxylic acids is 1. The van der Waals surface area contributed by atoms with Crippen LogP contribution in [0.2, 0.25) is 0 Å². The SMILES string of the molecule is CC/C=C\C/C=C\C/C=C\C/C=C\CCCCC(=O)O[C@H](COC(=O)CCCCCCC/C=C\CCCC)COP(=O)(O)OC[C@H](N)C(=O)O. The van der Waals surface area contributed by atoms with Gasteiger partial charge in [-0.25, -0.2) is 4.57 Å². The Morgan fingerprint density at radius 2 is 1.12 bits per heavy atom. The Morgan fingerprint density at radius 3 is 1.74 bits per heavy atom. The molecule has 0 aromatic rings. The lowest BCUT2D eigenvalue weighted by Gasteiger charge is -2.20. The largest absolute Gasteiger partial charge is 0.480 e. The minimum Gasteiger partial charge on any atom is -0.480 e. The second-order valence-electron chi connectivity index (χ2n) is 12.0. The molecule has 0 aliphatic rings. The number of carbonyl (C=O) groups excluding carboxylic acids is 2. The first-order valence-electron chi connectivity index (χ1n) is 18.3. The first-order valence-corrected chi connectivity index (χ1v) is 19.8. The van der Waals surface area contributed by atoms with Gasteiger partial charge in [0.05, 0.1) is 13.2 Å². The summed E-state index contributed by atoms with van der Waals surface area (Å²) in [6, 6.07) is -1.53. The molecule has 0 bridgehead atoms. The molecule has 0 spiro atoms. The molecule has 0 saturated carbocycles. The van der Waals surface area contributed by atoms with Crippen molar-refractivity contribution in [2.45, 2.75) is 142 Å². The molecule has 12 heteroatoms. The summed E-state index contributed by atoms with van der Waals surface area (Å²) in [6.45, 7) is 2.55. The van der Waals surface area contributed by atoms with Crippen molar-refractivity contribution in [1.29, 1.82) is 0 Å². The maximum atomic E-state index is 12.5. The average molecular weight is 726 g/mol. The van der Waals surface area contributed by atoms with Gasteiger partial charge in [0.15, 0.2) is 6.10 Å². The Kier molecular flexibility index (Phi) is 31.5. The van der Waals surface area contributed by atoms with Crippen molar-refractivity contribution in [3.8, 4) is 0 Å². The third-order valence-electron chi connectivity index (χ3n) is 7.25. The van der Waals surface area contributed by atoms with Crippen molar-refractivity contribution >= 4 is 25.7 Å². The smallest absolute Gasteiger partial charge is 0.472 e. The van der Waals surface area contributed by atoms with Gasteiger partial charge in [-0.3, -0.25) is 23.4 Å². The Hall–Kier alpha value is -2.82. The molecule has 11 nitrogen and oxygen atoms in total. The maximum Gasteiger partial charge on any atom is 0.472 e. The summed E-state index contributed by atoms with van der Waals surface area (Å²) < 4.78 is 32.4. The van der Waals surface area contributed by atoms with Crippen LogP contribution in [0.25, 0.3) is 0 Å². The van der Waals surface area contributed by atoms with E-state index in [0.29, 0.717) is 12.8 Å². The quantitative estimate of drug-likeness (QED) is 0.0255. The number of esters is 2. The van der Waals surface area contributed by atoms with E-state index in [1.807, 2.05) is 0 Å². The van der Waals surface area contributed by atoms with Crippen LogP contribution in [0.5, 0.6) is 0 Å². The van der Waals surface area contributed by atoms with Gasteiger partial charge in [-0.05, 0) is 70.6 Å². The van der Waals surface area contributed by atoms with Gasteiger partial charge in [-0.1, -0.05) is 107 Å². The second kappa shape index (κ2) is 33.3. The molecule has 0 heterocycles. The first-order chi connectivity index (χ1) is 24.1. The fourth-order valence-electron chi connectivity index (χ4n) is 4.33. The maximum absolute atomic E-state index is 12.5. The van der Waals surface area contributed by atoms with Crippen molar-refractivity contribution in [1.82, 2.24) is 0 Å². The number of hydrogen-bond donors (Lipinski definition) is 3. The number of nitrogens with two attached hydrogens (primary N) is 1. The molecule has 0 amide bonds. The van der Waals surface area contributed by atoms with Crippen LogP contribution in [0.1, 0.15) is 129 Å². The van der Waals surface area contributed by atoms with Crippen LogP contribution < -0.4 is 5.73 Å². The summed E-state index contributed by atoms with van der Waals surface area (Å²) in [4.78, 5) is 45.6. The van der Waals surface area contributed by atoms with Crippen LogP contribution in [-0.4, -0.2) is 59.9 Å². The molecule has 0 aliphatic carbocycles. The fraction of sp³-hybridized carbons (Fsp3) is 0.658. The zero-order chi connectivity index (χ0) is 37.1. The standard InChI is InChI=1S/C38H64NO10P/c1-3-5-7-9-11-13-15-16-17-18-20-22-24-26-28-30-37(41)49-34(32-47-50(44,45)48-33-35(39)38(42)43)31-46-36(40)29-27-25-23-21-19-14-12-10-8-6-4-2/h5,7,10-13,16-17,20,22,34-35H,3-4,6,8-9,14-15,18-19,21,23-33,39H2,1-2H3,(H,42,43)(H,44,45)/b7-5-,12-10-,13-11-,17-16-,22-20-/t34-,35+/m1/s1. The van der Waals surface area contributed by atoms with Crippen LogP contribution >= 0.6 is 7.82 Å². The minimum atomic E-state index is -4.72. The highest BCUT2D eigenvalue weighted by Gasteiger charge is 2.28. The Balaban J connectivity index is 4.57. The van der Waals surface area contributed by atoms with Crippen molar-refractivity contribution in [3.05, 3.63) is 60.8 Å². The average Bonchev–Trinajstić information content (AvgIpc) is 3.09. The minimum absolute atomic E-state index is 0.104. The number of carboxylic acids is 1. The molecule has 50 heavy (non-hydrogen) atoms. The summed E-state index contributed by atoms with van der Waals surface area (Å²) >= 11 is 0. The lowest BCUT2D eigenvalue weighted by molar-refractivity contribution is -0.161. The number of unbranched alkanes of at least 4 members (excludes halogenated alkanes) is 9. The van der Waals surface area contributed by atoms with Crippen molar-refractivity contribution in [2.75, 3.05) is 19.8 Å². The molecule has 3 atom stereocenters. The molecule has 0 aromatic heterocycles. The molecule has 0 fully saturated rings. The summed E-state index contributed by atoms with van der Waals surface area (Å²) in [6.07, 6.45) is 35.9. The molecule has 0 aliphatic heterocycles. The number of rotatable bonds is 33. The number of phosphoric acid groups is 1. The molecule has 0 saturated heterocycles. The molecular weight excluding hydrogens is 661 g/mol. The summed E-state index contributed by atoms with van der Waals surface area (Å²) in [5.74, 6) is -2.46. The number of carbonyl (C=O) groups is 3. The van der Waals surface area contributed by atoms with Gasteiger partial charge in [-0.15, -0.1) is 0 Å². The second-order valence-corrected chi connectivity index (χ2v) is 13.4. The Labute approximate surface area is 300 Å². The van der Waals surface area contributed by atoms with Gasteiger partial charge in [0, 0.05) is 12.8 Å². The normalized spacial score (nSPS) is 14.6.